The number of hydrogen-bond donors (Lipinski definition) is 1. The van der Waals surface area contributed by atoms with Crippen molar-refractivity contribution in [1.82, 2.24) is 3.80 Å². The predicted octanol–water partition coefficient (Wildman–Crippen LogP) is 2.40. The number of unbranched alkanes of at least 4 members (excludes halogenated alkanes) is 5. The van der Waals surface area contributed by atoms with Crippen molar-refractivity contribution in [3.05, 3.63) is 0 Å². The molecule has 0 rings (SSSR count). The molecule has 0 heterocycles. The third-order valence-electron chi connectivity index (χ3n) is 1.66. The molecule has 0 spiro atoms. The van der Waals surface area contributed by atoms with Crippen LogP contribution < -0.4 is 3.80 Å². The van der Waals surface area contributed by atoms with Crippen LogP contribution in [0, 0.1) is 0 Å². The Hall–Kier alpha value is 0.674. The van der Waals surface area contributed by atoms with Gasteiger partial charge >= 0.3 is 76.5 Å². The molecule has 0 saturated carbocycles. The molecular formula is C8H18NTi. The van der Waals surface area contributed by atoms with Crippen molar-refractivity contribution in [2.75, 3.05) is 6.54 Å². The summed E-state index contributed by atoms with van der Waals surface area (Å²) < 4.78 is 3.16. The molecule has 10 heavy (non-hydrogen) atoms. The van der Waals surface area contributed by atoms with Crippen LogP contribution in [0.3, 0.4) is 0 Å². The molecule has 0 aliphatic rings. The van der Waals surface area contributed by atoms with Crippen LogP contribution in [-0.2, 0) is 20.7 Å². The van der Waals surface area contributed by atoms with Gasteiger partial charge in [0.2, 0.25) is 0 Å². The topological polar surface area (TPSA) is 12.0 Å². The molecule has 0 aliphatic carbocycles. The van der Waals surface area contributed by atoms with E-state index in [9.17, 15) is 0 Å². The van der Waals surface area contributed by atoms with Crippen LogP contribution in [0.1, 0.15) is 45.4 Å². The zero-order valence-electron chi connectivity index (χ0n) is 6.95. The van der Waals surface area contributed by atoms with Gasteiger partial charge in [-0.05, 0) is 0 Å². The second-order valence-corrected chi connectivity index (χ2v) is 3.25. The van der Waals surface area contributed by atoms with Crippen molar-refractivity contribution in [2.45, 2.75) is 45.4 Å². The quantitative estimate of drug-likeness (QED) is 0.464. The van der Waals surface area contributed by atoms with Crippen molar-refractivity contribution in [3.63, 3.8) is 0 Å². The Balaban J connectivity index is 2.65. The summed E-state index contributed by atoms with van der Waals surface area (Å²) in [6.45, 7) is 3.44. The summed E-state index contributed by atoms with van der Waals surface area (Å²) in [5.74, 6) is 0. The molecule has 0 aromatic heterocycles. The molecule has 0 atom stereocenters. The van der Waals surface area contributed by atoms with Crippen molar-refractivity contribution in [3.8, 4) is 0 Å². The van der Waals surface area contributed by atoms with Crippen LogP contribution in [0.15, 0.2) is 0 Å². The minimum absolute atomic E-state index is 1.19. The molecular weight excluding hydrogens is 158 g/mol. The van der Waals surface area contributed by atoms with E-state index < -0.39 is 0 Å². The van der Waals surface area contributed by atoms with Gasteiger partial charge in [0.15, 0.2) is 0 Å². The third kappa shape index (κ3) is 8.67. The number of rotatable bonds is 7. The number of nitrogens with one attached hydrogen (secondary N) is 1. The number of hydrogen-bond acceptors (Lipinski definition) is 1. The molecule has 0 fully saturated rings. The van der Waals surface area contributed by atoms with Crippen molar-refractivity contribution in [1.29, 1.82) is 0 Å². The van der Waals surface area contributed by atoms with Gasteiger partial charge in [-0.1, -0.05) is 0 Å². The molecule has 0 radical (unpaired) electrons. The monoisotopic (exact) mass is 176 g/mol. The van der Waals surface area contributed by atoms with E-state index in [1.807, 2.05) is 20.7 Å². The van der Waals surface area contributed by atoms with Crippen LogP contribution in [0.2, 0.25) is 0 Å². The summed E-state index contributed by atoms with van der Waals surface area (Å²) in [6.07, 6.45) is 8.38. The zero-order valence-corrected chi connectivity index (χ0v) is 8.51. The average molecular weight is 176 g/mol. The Morgan fingerprint density at radius 2 is 1.60 bits per heavy atom. The van der Waals surface area contributed by atoms with Gasteiger partial charge in [0.05, 0.1) is 0 Å². The molecule has 1 nitrogen and oxygen atoms in total. The maximum absolute atomic E-state index is 3.16. The summed E-state index contributed by atoms with van der Waals surface area (Å²) in [5, 5.41) is 0. The first-order valence-corrected chi connectivity index (χ1v) is 5.09. The SMILES string of the molecule is CCCCCCCC[NH][Ti]. The van der Waals surface area contributed by atoms with Crippen molar-refractivity contribution >= 4 is 0 Å². The fourth-order valence-electron chi connectivity index (χ4n) is 0.994. The Morgan fingerprint density at radius 1 is 1.00 bits per heavy atom. The Labute approximate surface area is 76.7 Å². The molecule has 0 amide bonds. The van der Waals surface area contributed by atoms with Gasteiger partial charge < -0.3 is 0 Å². The predicted molar refractivity (Wildman–Crippen MR) is 41.4 cm³/mol. The minimum atomic E-state index is 1.19. The van der Waals surface area contributed by atoms with Gasteiger partial charge in [-0.25, -0.2) is 0 Å². The summed E-state index contributed by atoms with van der Waals surface area (Å²) >= 11 is 2.02. The summed E-state index contributed by atoms with van der Waals surface area (Å²) in [7, 11) is 0. The van der Waals surface area contributed by atoms with Gasteiger partial charge in [0.25, 0.3) is 0 Å². The van der Waals surface area contributed by atoms with Gasteiger partial charge in [0, 0.05) is 0 Å². The Kier molecular flexibility index (Phi) is 10.3. The molecule has 0 aromatic carbocycles. The van der Waals surface area contributed by atoms with Crippen LogP contribution in [0.25, 0.3) is 0 Å². The van der Waals surface area contributed by atoms with Crippen LogP contribution in [0.5, 0.6) is 0 Å². The van der Waals surface area contributed by atoms with Crippen LogP contribution in [0.4, 0.5) is 0 Å². The van der Waals surface area contributed by atoms with E-state index in [0.29, 0.717) is 0 Å². The van der Waals surface area contributed by atoms with E-state index in [0.717, 1.165) is 0 Å². The van der Waals surface area contributed by atoms with E-state index in [1.165, 1.54) is 45.1 Å². The standard InChI is InChI=1S/C8H18N.Ti/c1-2-3-4-5-6-7-8-9;/h9H,2-8H2,1H3;/q-1;+1. The van der Waals surface area contributed by atoms with Gasteiger partial charge in [-0.15, -0.1) is 0 Å². The van der Waals surface area contributed by atoms with Gasteiger partial charge in [0.1, 0.15) is 0 Å². The molecule has 0 aromatic rings. The fraction of sp³-hybridized carbons (Fsp3) is 1.00. The molecule has 0 bridgehead atoms. The van der Waals surface area contributed by atoms with Crippen LogP contribution in [-0.4, -0.2) is 6.54 Å². The molecule has 59 valence electrons. The second kappa shape index (κ2) is 9.67. The molecule has 0 unspecified atom stereocenters. The van der Waals surface area contributed by atoms with E-state index in [2.05, 4.69) is 10.7 Å². The summed E-state index contributed by atoms with van der Waals surface area (Å²) in [5.41, 5.74) is 0. The Bertz CT molecular complexity index is 49.2. The van der Waals surface area contributed by atoms with Gasteiger partial charge in [-0.2, -0.15) is 0 Å². The van der Waals surface area contributed by atoms with Gasteiger partial charge in [-0.3, -0.25) is 0 Å². The maximum atomic E-state index is 3.16. The summed E-state index contributed by atoms with van der Waals surface area (Å²) in [6, 6.07) is 0. The van der Waals surface area contributed by atoms with E-state index in [4.69, 9.17) is 0 Å². The second-order valence-electron chi connectivity index (χ2n) is 2.69. The van der Waals surface area contributed by atoms with Crippen molar-refractivity contribution < 1.29 is 20.7 Å². The molecule has 0 aliphatic heterocycles. The first kappa shape index (κ1) is 10.7. The molecule has 0 saturated heterocycles. The normalized spacial score (nSPS) is 10.0. The molecule has 2 heteroatoms. The van der Waals surface area contributed by atoms with Crippen molar-refractivity contribution in [2.24, 2.45) is 0 Å². The first-order chi connectivity index (χ1) is 4.91. The third-order valence-corrected chi connectivity index (χ3v) is 2.05. The first-order valence-electron chi connectivity index (χ1n) is 4.31. The average Bonchev–Trinajstić information content (AvgIpc) is 1.97. The van der Waals surface area contributed by atoms with E-state index >= 15 is 0 Å². The zero-order chi connectivity index (χ0) is 7.66. The van der Waals surface area contributed by atoms with E-state index in [-0.39, 0.29) is 0 Å². The summed E-state index contributed by atoms with van der Waals surface area (Å²) in [4.78, 5) is 0. The fourth-order valence-corrected chi connectivity index (χ4v) is 1.27. The Morgan fingerprint density at radius 3 is 2.20 bits per heavy atom. The molecule has 1 N–H and O–H groups in total. The van der Waals surface area contributed by atoms with Crippen LogP contribution >= 0.6 is 0 Å². The van der Waals surface area contributed by atoms with E-state index in [1.54, 1.807) is 0 Å².